The molecule has 0 aromatic heterocycles. The van der Waals surface area contributed by atoms with Crippen LogP contribution < -0.4 is 10.1 Å². The molecule has 0 fully saturated rings. The maximum atomic E-state index is 9.69. The zero-order chi connectivity index (χ0) is 13.4. The largest absolute Gasteiger partial charge is 0.491 e. The minimum atomic E-state index is -0.457. The number of rotatable bonds is 8. The molecular formula is C15H25NO2. The van der Waals surface area contributed by atoms with Crippen LogP contribution in [0.1, 0.15) is 38.7 Å². The highest BCUT2D eigenvalue weighted by molar-refractivity contribution is 5.28. The van der Waals surface area contributed by atoms with Crippen LogP contribution in [0, 0.1) is 0 Å². The molecule has 1 rings (SSSR count). The average molecular weight is 251 g/mol. The van der Waals surface area contributed by atoms with Gasteiger partial charge in [-0.05, 0) is 36.6 Å². The van der Waals surface area contributed by atoms with Gasteiger partial charge in [-0.1, -0.05) is 32.9 Å². The number of hydrogen-bond acceptors (Lipinski definition) is 3. The topological polar surface area (TPSA) is 41.5 Å². The second-order valence-corrected chi connectivity index (χ2v) is 4.89. The number of aliphatic hydroxyl groups excluding tert-OH is 1. The van der Waals surface area contributed by atoms with Crippen molar-refractivity contribution < 1.29 is 9.84 Å². The molecule has 2 N–H and O–H groups in total. The van der Waals surface area contributed by atoms with Crippen molar-refractivity contribution in [2.45, 2.75) is 39.2 Å². The van der Waals surface area contributed by atoms with Crippen LogP contribution in [-0.4, -0.2) is 30.9 Å². The molecule has 0 spiro atoms. The summed E-state index contributed by atoms with van der Waals surface area (Å²) < 4.78 is 5.54. The summed E-state index contributed by atoms with van der Waals surface area (Å²) in [6.07, 6.45) is 0.617. The SMILES string of the molecule is CCCNCC(O)COc1ccc(C(C)C)cc1. The Kier molecular flexibility index (Phi) is 6.76. The van der Waals surface area contributed by atoms with Crippen LogP contribution in [0.4, 0.5) is 0 Å². The summed E-state index contributed by atoms with van der Waals surface area (Å²) in [7, 11) is 0. The van der Waals surface area contributed by atoms with Gasteiger partial charge in [-0.3, -0.25) is 0 Å². The van der Waals surface area contributed by atoms with E-state index in [9.17, 15) is 5.11 Å². The fourth-order valence-electron chi connectivity index (χ4n) is 1.65. The van der Waals surface area contributed by atoms with E-state index in [1.54, 1.807) is 0 Å². The van der Waals surface area contributed by atoms with E-state index in [0.29, 0.717) is 19.1 Å². The van der Waals surface area contributed by atoms with Crippen molar-refractivity contribution in [1.29, 1.82) is 0 Å². The van der Waals surface area contributed by atoms with Gasteiger partial charge in [-0.15, -0.1) is 0 Å². The van der Waals surface area contributed by atoms with Crippen LogP contribution in [0.25, 0.3) is 0 Å². The fraction of sp³-hybridized carbons (Fsp3) is 0.600. The van der Waals surface area contributed by atoms with E-state index in [0.717, 1.165) is 18.7 Å². The van der Waals surface area contributed by atoms with Gasteiger partial charge < -0.3 is 15.2 Å². The van der Waals surface area contributed by atoms with Gasteiger partial charge >= 0.3 is 0 Å². The van der Waals surface area contributed by atoms with Crippen molar-refractivity contribution in [3.8, 4) is 5.75 Å². The van der Waals surface area contributed by atoms with Crippen LogP contribution in [-0.2, 0) is 0 Å². The lowest BCUT2D eigenvalue weighted by molar-refractivity contribution is 0.106. The highest BCUT2D eigenvalue weighted by Gasteiger charge is 2.05. The molecule has 3 heteroatoms. The third-order valence-corrected chi connectivity index (χ3v) is 2.80. The Morgan fingerprint density at radius 2 is 1.89 bits per heavy atom. The van der Waals surface area contributed by atoms with E-state index >= 15 is 0 Å². The third kappa shape index (κ3) is 5.52. The molecule has 0 bridgehead atoms. The van der Waals surface area contributed by atoms with Gasteiger partial charge in [0.2, 0.25) is 0 Å². The number of nitrogens with one attached hydrogen (secondary N) is 1. The lowest BCUT2D eigenvalue weighted by Gasteiger charge is -2.13. The highest BCUT2D eigenvalue weighted by atomic mass is 16.5. The first-order chi connectivity index (χ1) is 8.63. The lowest BCUT2D eigenvalue weighted by atomic mass is 10.0. The summed E-state index contributed by atoms with van der Waals surface area (Å²) in [5, 5.41) is 12.9. The number of ether oxygens (including phenoxy) is 1. The Balaban J connectivity index is 2.30. The molecule has 0 heterocycles. The lowest BCUT2D eigenvalue weighted by Crippen LogP contribution is -2.31. The van der Waals surface area contributed by atoms with E-state index < -0.39 is 6.10 Å². The monoisotopic (exact) mass is 251 g/mol. The Morgan fingerprint density at radius 3 is 2.44 bits per heavy atom. The number of benzene rings is 1. The quantitative estimate of drug-likeness (QED) is 0.698. The van der Waals surface area contributed by atoms with Gasteiger partial charge in [0.05, 0.1) is 0 Å². The van der Waals surface area contributed by atoms with E-state index in [1.807, 2.05) is 12.1 Å². The molecule has 0 aliphatic heterocycles. The first-order valence-corrected chi connectivity index (χ1v) is 6.75. The minimum Gasteiger partial charge on any atom is -0.491 e. The third-order valence-electron chi connectivity index (χ3n) is 2.80. The Labute approximate surface area is 110 Å². The van der Waals surface area contributed by atoms with Gasteiger partial charge in [0.15, 0.2) is 0 Å². The Hall–Kier alpha value is -1.06. The van der Waals surface area contributed by atoms with Gasteiger partial charge in [0.1, 0.15) is 18.5 Å². The highest BCUT2D eigenvalue weighted by Crippen LogP contribution is 2.18. The normalized spacial score (nSPS) is 12.7. The van der Waals surface area contributed by atoms with Crippen LogP contribution in [0.2, 0.25) is 0 Å². The molecule has 0 saturated carbocycles. The van der Waals surface area contributed by atoms with Crippen molar-refractivity contribution in [2.24, 2.45) is 0 Å². The maximum absolute atomic E-state index is 9.69. The summed E-state index contributed by atoms with van der Waals surface area (Å²) >= 11 is 0. The zero-order valence-corrected chi connectivity index (χ0v) is 11.6. The molecule has 1 aromatic carbocycles. The molecule has 1 aromatic rings. The first-order valence-electron chi connectivity index (χ1n) is 6.75. The van der Waals surface area contributed by atoms with Crippen molar-refractivity contribution in [2.75, 3.05) is 19.7 Å². The van der Waals surface area contributed by atoms with E-state index in [-0.39, 0.29) is 0 Å². The van der Waals surface area contributed by atoms with Crippen LogP contribution in [0.5, 0.6) is 5.75 Å². The molecule has 0 aliphatic rings. The predicted octanol–water partition coefficient (Wildman–Crippen LogP) is 2.55. The van der Waals surface area contributed by atoms with Gasteiger partial charge in [0, 0.05) is 6.54 Å². The molecule has 102 valence electrons. The molecule has 0 aliphatic carbocycles. The summed E-state index contributed by atoms with van der Waals surface area (Å²) in [5.74, 6) is 1.34. The van der Waals surface area contributed by atoms with E-state index in [1.165, 1.54) is 5.56 Å². The van der Waals surface area contributed by atoms with Gasteiger partial charge in [-0.2, -0.15) is 0 Å². The minimum absolute atomic E-state index is 0.331. The smallest absolute Gasteiger partial charge is 0.119 e. The summed E-state index contributed by atoms with van der Waals surface area (Å²) in [4.78, 5) is 0. The molecule has 1 atom stereocenters. The molecular weight excluding hydrogens is 226 g/mol. The summed E-state index contributed by atoms with van der Waals surface area (Å²) in [6.45, 7) is 8.28. The molecule has 0 saturated heterocycles. The second kappa shape index (κ2) is 8.11. The molecule has 18 heavy (non-hydrogen) atoms. The van der Waals surface area contributed by atoms with Crippen LogP contribution in [0.3, 0.4) is 0 Å². The summed E-state index contributed by atoms with van der Waals surface area (Å²) in [5.41, 5.74) is 1.30. The molecule has 1 unspecified atom stereocenters. The first kappa shape index (κ1) is 15.0. The van der Waals surface area contributed by atoms with Crippen LogP contribution in [0.15, 0.2) is 24.3 Å². The van der Waals surface area contributed by atoms with Crippen molar-refractivity contribution in [1.82, 2.24) is 5.32 Å². The molecule has 3 nitrogen and oxygen atoms in total. The van der Waals surface area contributed by atoms with E-state index in [2.05, 4.69) is 38.2 Å². The Morgan fingerprint density at radius 1 is 1.22 bits per heavy atom. The Bertz CT molecular complexity index is 322. The number of aliphatic hydroxyl groups is 1. The van der Waals surface area contributed by atoms with Crippen molar-refractivity contribution >= 4 is 0 Å². The number of hydrogen-bond donors (Lipinski definition) is 2. The second-order valence-electron chi connectivity index (χ2n) is 4.89. The fourth-order valence-corrected chi connectivity index (χ4v) is 1.65. The van der Waals surface area contributed by atoms with Crippen molar-refractivity contribution in [3.05, 3.63) is 29.8 Å². The van der Waals surface area contributed by atoms with Gasteiger partial charge in [0.25, 0.3) is 0 Å². The molecule has 0 amide bonds. The summed E-state index contributed by atoms with van der Waals surface area (Å²) in [6, 6.07) is 8.06. The van der Waals surface area contributed by atoms with E-state index in [4.69, 9.17) is 4.74 Å². The van der Waals surface area contributed by atoms with Gasteiger partial charge in [-0.25, -0.2) is 0 Å². The standard InChI is InChI=1S/C15H25NO2/c1-4-9-16-10-14(17)11-18-15-7-5-13(6-8-15)12(2)3/h5-8,12,14,16-17H,4,9-11H2,1-3H3. The van der Waals surface area contributed by atoms with Crippen LogP contribution >= 0.6 is 0 Å². The maximum Gasteiger partial charge on any atom is 0.119 e. The average Bonchev–Trinajstić information content (AvgIpc) is 2.37. The molecule has 0 radical (unpaired) electrons. The zero-order valence-electron chi connectivity index (χ0n) is 11.6. The predicted molar refractivity (Wildman–Crippen MR) is 75.2 cm³/mol. The van der Waals surface area contributed by atoms with Crippen molar-refractivity contribution in [3.63, 3.8) is 0 Å².